The summed E-state index contributed by atoms with van der Waals surface area (Å²) in [6.07, 6.45) is -4.48. The van der Waals surface area contributed by atoms with Gasteiger partial charge in [-0.1, -0.05) is 6.07 Å². The van der Waals surface area contributed by atoms with Crippen LogP contribution < -0.4 is 5.32 Å². The van der Waals surface area contributed by atoms with Crippen LogP contribution in [0.25, 0.3) is 0 Å². The molecule has 0 aromatic heterocycles. The molecule has 1 aromatic rings. The van der Waals surface area contributed by atoms with E-state index in [1.165, 1.54) is 6.07 Å². The average Bonchev–Trinajstić information content (AvgIpc) is 2.17. The van der Waals surface area contributed by atoms with Crippen LogP contribution in [-0.2, 0) is 11.0 Å². The summed E-state index contributed by atoms with van der Waals surface area (Å²) in [7, 11) is 0. The van der Waals surface area contributed by atoms with Gasteiger partial charge in [0.25, 0.3) is 5.91 Å². The molecule has 0 bridgehead atoms. The first kappa shape index (κ1) is 11.5. The number of halogens is 4. The molecule has 1 aromatic carbocycles. The molecule has 0 saturated heterocycles. The number of nitrogens with one attached hydrogen (secondary N) is 1. The Morgan fingerprint density at radius 1 is 1.33 bits per heavy atom. The first-order chi connectivity index (χ1) is 6.93. The summed E-state index contributed by atoms with van der Waals surface area (Å²) in [5.74, 6) is -0.977. The molecule has 1 rings (SSSR count). The molecule has 0 radical (unpaired) electrons. The van der Waals surface area contributed by atoms with E-state index in [9.17, 15) is 22.4 Å². The summed E-state index contributed by atoms with van der Waals surface area (Å²) < 4.78 is 48.4. The number of amides is 1. The second-order valence-electron chi connectivity index (χ2n) is 2.76. The highest BCUT2D eigenvalue weighted by molar-refractivity contribution is 5.91. The molecule has 1 amide bonds. The van der Waals surface area contributed by atoms with Gasteiger partial charge in [-0.15, -0.1) is 0 Å². The van der Waals surface area contributed by atoms with Gasteiger partial charge in [-0.05, 0) is 18.2 Å². The van der Waals surface area contributed by atoms with Gasteiger partial charge < -0.3 is 5.32 Å². The molecule has 0 atom stereocenters. The van der Waals surface area contributed by atoms with Crippen molar-refractivity contribution in [1.29, 1.82) is 0 Å². The largest absolute Gasteiger partial charge is 0.416 e. The summed E-state index contributed by atoms with van der Waals surface area (Å²) in [6, 6.07) is 4.00. The molecule has 1 N–H and O–H groups in total. The zero-order valence-corrected chi connectivity index (χ0v) is 7.44. The molecule has 0 heterocycles. The van der Waals surface area contributed by atoms with Gasteiger partial charge in [0.2, 0.25) is 0 Å². The third-order valence-electron chi connectivity index (χ3n) is 1.60. The van der Waals surface area contributed by atoms with Crippen molar-refractivity contribution >= 4 is 11.6 Å². The number of benzene rings is 1. The Kier molecular flexibility index (Phi) is 3.28. The summed E-state index contributed by atoms with van der Waals surface area (Å²) in [6.45, 7) is -1.27. The number of carbonyl (C=O) groups is 1. The van der Waals surface area contributed by atoms with Crippen LogP contribution in [0.3, 0.4) is 0 Å². The maximum atomic E-state index is 12.2. The highest BCUT2D eigenvalue weighted by Gasteiger charge is 2.30. The summed E-state index contributed by atoms with van der Waals surface area (Å²) in [5.41, 5.74) is -0.966. The topological polar surface area (TPSA) is 29.1 Å². The van der Waals surface area contributed by atoms with Gasteiger partial charge >= 0.3 is 6.18 Å². The molecule has 0 aliphatic carbocycles. The number of carbonyl (C=O) groups excluding carboxylic acids is 1. The van der Waals surface area contributed by atoms with E-state index in [0.29, 0.717) is 0 Å². The van der Waals surface area contributed by atoms with Crippen molar-refractivity contribution in [1.82, 2.24) is 0 Å². The Morgan fingerprint density at radius 3 is 2.53 bits per heavy atom. The van der Waals surface area contributed by atoms with Gasteiger partial charge in [0.05, 0.1) is 5.56 Å². The predicted molar refractivity (Wildman–Crippen MR) is 46.0 cm³/mol. The van der Waals surface area contributed by atoms with Gasteiger partial charge in [0.15, 0.2) is 6.67 Å². The third-order valence-corrected chi connectivity index (χ3v) is 1.60. The average molecular weight is 221 g/mol. The Labute approximate surface area is 82.9 Å². The molecule has 0 aliphatic heterocycles. The van der Waals surface area contributed by atoms with Gasteiger partial charge in [0.1, 0.15) is 0 Å². The lowest BCUT2D eigenvalue weighted by atomic mass is 10.2. The van der Waals surface area contributed by atoms with Crippen molar-refractivity contribution < 1.29 is 22.4 Å². The van der Waals surface area contributed by atoms with Crippen LogP contribution in [0.5, 0.6) is 0 Å². The first-order valence-electron chi connectivity index (χ1n) is 3.96. The molecule has 0 unspecified atom stereocenters. The summed E-state index contributed by atoms with van der Waals surface area (Å²) >= 11 is 0. The Bertz CT molecular complexity index is 361. The number of hydrogen-bond donors (Lipinski definition) is 1. The van der Waals surface area contributed by atoms with Crippen LogP contribution in [0.4, 0.5) is 23.2 Å². The predicted octanol–water partition coefficient (Wildman–Crippen LogP) is 2.61. The van der Waals surface area contributed by atoms with Crippen LogP contribution in [0.15, 0.2) is 24.3 Å². The van der Waals surface area contributed by atoms with Crippen molar-refractivity contribution in [2.45, 2.75) is 6.18 Å². The molecular formula is C9H7F4NO. The highest BCUT2D eigenvalue weighted by Crippen LogP contribution is 2.30. The fourth-order valence-electron chi connectivity index (χ4n) is 0.968. The lowest BCUT2D eigenvalue weighted by Crippen LogP contribution is -2.14. The van der Waals surface area contributed by atoms with E-state index in [1.54, 1.807) is 0 Å². The lowest BCUT2D eigenvalue weighted by molar-refractivity contribution is -0.137. The lowest BCUT2D eigenvalue weighted by Gasteiger charge is -2.08. The highest BCUT2D eigenvalue weighted by atomic mass is 19.4. The fourth-order valence-corrected chi connectivity index (χ4v) is 0.968. The second kappa shape index (κ2) is 4.29. The molecule has 0 spiro atoms. The van der Waals surface area contributed by atoms with E-state index in [-0.39, 0.29) is 5.69 Å². The van der Waals surface area contributed by atoms with E-state index in [2.05, 4.69) is 0 Å². The SMILES string of the molecule is O=C(CF)Nc1cccc(C(F)(F)F)c1. The molecule has 6 heteroatoms. The third kappa shape index (κ3) is 3.23. The number of anilines is 1. The molecule has 82 valence electrons. The van der Waals surface area contributed by atoms with Crippen LogP contribution in [0.2, 0.25) is 0 Å². The zero-order valence-electron chi connectivity index (χ0n) is 7.44. The molecule has 0 aliphatic rings. The smallest absolute Gasteiger partial charge is 0.324 e. The minimum Gasteiger partial charge on any atom is -0.324 e. The monoisotopic (exact) mass is 221 g/mol. The molecule has 15 heavy (non-hydrogen) atoms. The second-order valence-corrected chi connectivity index (χ2v) is 2.76. The van der Waals surface area contributed by atoms with Crippen LogP contribution >= 0.6 is 0 Å². The fraction of sp³-hybridized carbons (Fsp3) is 0.222. The van der Waals surface area contributed by atoms with Crippen LogP contribution in [0.1, 0.15) is 5.56 Å². The Balaban J connectivity index is 2.88. The molecule has 0 saturated carbocycles. The summed E-state index contributed by atoms with van der Waals surface area (Å²) in [4.78, 5) is 10.6. The van der Waals surface area contributed by atoms with Gasteiger partial charge in [-0.3, -0.25) is 4.79 Å². The normalized spacial score (nSPS) is 11.2. The van der Waals surface area contributed by atoms with Crippen LogP contribution in [0, 0.1) is 0 Å². The first-order valence-corrected chi connectivity index (χ1v) is 3.96. The maximum absolute atomic E-state index is 12.2. The van der Waals surface area contributed by atoms with Crippen molar-refractivity contribution in [3.8, 4) is 0 Å². The quantitative estimate of drug-likeness (QED) is 0.764. The molecule has 2 nitrogen and oxygen atoms in total. The molecule has 0 fully saturated rings. The van der Waals surface area contributed by atoms with Gasteiger partial charge in [-0.2, -0.15) is 13.2 Å². The standard InChI is InChI=1S/C9H7F4NO/c10-5-8(15)14-7-3-1-2-6(4-7)9(11,12)13/h1-4H,5H2,(H,14,15). The number of rotatable bonds is 2. The van der Waals surface area contributed by atoms with Gasteiger partial charge in [0, 0.05) is 5.69 Å². The van der Waals surface area contributed by atoms with E-state index in [1.807, 2.05) is 5.32 Å². The van der Waals surface area contributed by atoms with Crippen molar-refractivity contribution in [3.05, 3.63) is 29.8 Å². The minimum atomic E-state index is -4.48. The Morgan fingerprint density at radius 2 is 2.00 bits per heavy atom. The number of alkyl halides is 4. The van der Waals surface area contributed by atoms with E-state index >= 15 is 0 Å². The van der Waals surface area contributed by atoms with Crippen molar-refractivity contribution in [2.24, 2.45) is 0 Å². The van der Waals surface area contributed by atoms with Crippen molar-refractivity contribution in [3.63, 3.8) is 0 Å². The van der Waals surface area contributed by atoms with Gasteiger partial charge in [-0.25, -0.2) is 4.39 Å². The summed E-state index contributed by atoms with van der Waals surface area (Å²) in [5, 5.41) is 1.99. The van der Waals surface area contributed by atoms with Crippen LogP contribution in [-0.4, -0.2) is 12.6 Å². The Hall–Kier alpha value is -1.59. The van der Waals surface area contributed by atoms with Crippen molar-refractivity contribution in [2.75, 3.05) is 12.0 Å². The van der Waals surface area contributed by atoms with E-state index < -0.39 is 24.3 Å². The molecular weight excluding hydrogens is 214 g/mol. The number of hydrogen-bond acceptors (Lipinski definition) is 1. The minimum absolute atomic E-state index is 0.0764. The maximum Gasteiger partial charge on any atom is 0.416 e. The van der Waals surface area contributed by atoms with E-state index in [0.717, 1.165) is 18.2 Å². The zero-order chi connectivity index (χ0) is 11.5. The van der Waals surface area contributed by atoms with E-state index in [4.69, 9.17) is 0 Å².